The second-order valence-electron chi connectivity index (χ2n) is 5.81. The fourth-order valence-electron chi connectivity index (χ4n) is 3.54. The first-order chi connectivity index (χ1) is 9.63. The summed E-state index contributed by atoms with van der Waals surface area (Å²) in [5, 5.41) is 3.43. The molecule has 1 saturated heterocycles. The van der Waals surface area contributed by atoms with Crippen LogP contribution in [0.4, 0.5) is 0 Å². The Balaban J connectivity index is 2.04. The van der Waals surface area contributed by atoms with Gasteiger partial charge in [0, 0.05) is 10.6 Å². The van der Waals surface area contributed by atoms with Crippen molar-refractivity contribution >= 4 is 21.4 Å². The summed E-state index contributed by atoms with van der Waals surface area (Å²) < 4.78 is 7.32. The highest BCUT2D eigenvalue weighted by Crippen LogP contribution is 2.42. The van der Waals surface area contributed by atoms with Gasteiger partial charge in [-0.15, -0.1) is 11.3 Å². The highest BCUT2D eigenvalue weighted by atomic mass is 32.1. The van der Waals surface area contributed by atoms with Gasteiger partial charge in [0.2, 0.25) is 0 Å². The zero-order chi connectivity index (χ0) is 14.3. The summed E-state index contributed by atoms with van der Waals surface area (Å²) in [6, 6.07) is 8.75. The summed E-state index contributed by atoms with van der Waals surface area (Å²) in [6.07, 6.45) is 0.504. The van der Waals surface area contributed by atoms with Gasteiger partial charge in [-0.25, -0.2) is 0 Å². The van der Waals surface area contributed by atoms with Crippen molar-refractivity contribution in [1.82, 2.24) is 5.43 Å². The molecule has 1 aromatic carbocycles. The lowest BCUT2D eigenvalue weighted by atomic mass is 9.80. The number of nitrogens with two attached hydrogens (primary N) is 1. The lowest BCUT2D eigenvalue weighted by molar-refractivity contribution is 0.0475. The molecular weight excluding hydrogens is 268 g/mol. The first-order valence-corrected chi connectivity index (χ1v) is 8.09. The number of hydrogen-bond donors (Lipinski definition) is 2. The zero-order valence-electron chi connectivity index (χ0n) is 12.2. The van der Waals surface area contributed by atoms with Gasteiger partial charge in [-0.2, -0.15) is 0 Å². The number of fused-ring (bicyclic) bond motifs is 1. The first-order valence-electron chi connectivity index (χ1n) is 7.21. The number of benzene rings is 1. The molecule has 3 N–H and O–H groups in total. The van der Waals surface area contributed by atoms with E-state index in [-0.39, 0.29) is 18.2 Å². The maximum atomic E-state index is 5.99. The Labute approximate surface area is 124 Å². The van der Waals surface area contributed by atoms with Crippen LogP contribution in [0.25, 0.3) is 10.1 Å². The Bertz CT molecular complexity index is 597. The summed E-state index contributed by atoms with van der Waals surface area (Å²) in [7, 11) is 0. The van der Waals surface area contributed by atoms with E-state index in [0.29, 0.717) is 11.8 Å². The predicted octanol–water partition coefficient (Wildman–Crippen LogP) is 3.47. The number of rotatable bonds is 3. The van der Waals surface area contributed by atoms with Gasteiger partial charge in [0.05, 0.1) is 18.2 Å². The van der Waals surface area contributed by atoms with Gasteiger partial charge in [0.15, 0.2) is 0 Å². The van der Waals surface area contributed by atoms with Gasteiger partial charge < -0.3 is 4.74 Å². The molecule has 1 aromatic heterocycles. The summed E-state index contributed by atoms with van der Waals surface area (Å²) in [5.41, 5.74) is 4.34. The molecule has 0 saturated carbocycles. The Morgan fingerprint density at radius 2 is 2.00 bits per heavy atom. The van der Waals surface area contributed by atoms with Crippen LogP contribution in [0, 0.1) is 11.8 Å². The van der Waals surface area contributed by atoms with Crippen molar-refractivity contribution in [3.8, 4) is 0 Å². The van der Waals surface area contributed by atoms with Gasteiger partial charge in [-0.05, 0) is 42.2 Å². The normalized spacial score (nSPS) is 31.8. The molecule has 20 heavy (non-hydrogen) atoms. The molecule has 108 valence electrons. The number of hydrazine groups is 1. The average molecular weight is 290 g/mol. The van der Waals surface area contributed by atoms with Crippen LogP contribution in [-0.2, 0) is 4.74 Å². The SMILES string of the molecule is CC1OC(C)C(C(NN)c2cccc3ccsc23)C1C. The van der Waals surface area contributed by atoms with E-state index in [2.05, 4.69) is 55.8 Å². The van der Waals surface area contributed by atoms with E-state index >= 15 is 0 Å². The second kappa shape index (κ2) is 5.45. The summed E-state index contributed by atoms with van der Waals surface area (Å²) in [5.74, 6) is 6.79. The quantitative estimate of drug-likeness (QED) is 0.672. The van der Waals surface area contributed by atoms with Crippen LogP contribution < -0.4 is 11.3 Å². The molecule has 0 bridgehead atoms. The third kappa shape index (κ3) is 2.17. The highest BCUT2D eigenvalue weighted by Gasteiger charge is 2.42. The van der Waals surface area contributed by atoms with Crippen LogP contribution in [0.2, 0.25) is 0 Å². The third-order valence-electron chi connectivity index (χ3n) is 4.73. The maximum Gasteiger partial charge on any atom is 0.0601 e. The Morgan fingerprint density at radius 1 is 1.20 bits per heavy atom. The highest BCUT2D eigenvalue weighted by molar-refractivity contribution is 7.17. The minimum Gasteiger partial charge on any atom is -0.375 e. The topological polar surface area (TPSA) is 47.3 Å². The molecule has 1 fully saturated rings. The van der Waals surface area contributed by atoms with Crippen molar-refractivity contribution in [2.24, 2.45) is 17.7 Å². The largest absolute Gasteiger partial charge is 0.375 e. The molecule has 5 atom stereocenters. The van der Waals surface area contributed by atoms with E-state index in [1.54, 1.807) is 11.3 Å². The Hall–Kier alpha value is -0.940. The number of ether oxygens (including phenoxy) is 1. The second-order valence-corrected chi connectivity index (χ2v) is 6.73. The smallest absolute Gasteiger partial charge is 0.0601 e. The molecular formula is C16H22N2OS. The van der Waals surface area contributed by atoms with Gasteiger partial charge in [-0.3, -0.25) is 11.3 Å². The fraction of sp³-hybridized carbons (Fsp3) is 0.500. The van der Waals surface area contributed by atoms with Crippen LogP contribution in [0.3, 0.4) is 0 Å². The molecule has 3 nitrogen and oxygen atoms in total. The molecule has 1 aliphatic heterocycles. The van der Waals surface area contributed by atoms with Crippen LogP contribution in [0.5, 0.6) is 0 Å². The zero-order valence-corrected chi connectivity index (χ0v) is 13.0. The molecule has 0 spiro atoms. The maximum absolute atomic E-state index is 5.99. The number of hydrogen-bond acceptors (Lipinski definition) is 4. The van der Waals surface area contributed by atoms with Gasteiger partial charge in [-0.1, -0.05) is 25.1 Å². The Kier molecular flexibility index (Phi) is 3.82. The van der Waals surface area contributed by atoms with E-state index in [0.717, 1.165) is 0 Å². The van der Waals surface area contributed by atoms with Gasteiger partial charge in [0.1, 0.15) is 0 Å². The molecule has 0 aliphatic carbocycles. The van der Waals surface area contributed by atoms with E-state index in [1.807, 2.05) is 0 Å². The molecule has 3 rings (SSSR count). The van der Waals surface area contributed by atoms with Crippen molar-refractivity contribution in [2.45, 2.75) is 39.0 Å². The number of thiophene rings is 1. The molecule has 2 aromatic rings. The van der Waals surface area contributed by atoms with Crippen molar-refractivity contribution in [2.75, 3.05) is 0 Å². The Morgan fingerprint density at radius 3 is 2.65 bits per heavy atom. The summed E-state index contributed by atoms with van der Waals surface area (Å²) in [6.45, 7) is 6.57. The molecule has 0 amide bonds. The van der Waals surface area contributed by atoms with Gasteiger partial charge >= 0.3 is 0 Å². The number of nitrogens with one attached hydrogen (secondary N) is 1. The predicted molar refractivity (Wildman–Crippen MR) is 84.6 cm³/mol. The lowest BCUT2D eigenvalue weighted by Crippen LogP contribution is -2.38. The fourth-order valence-corrected chi connectivity index (χ4v) is 4.49. The van der Waals surface area contributed by atoms with Crippen LogP contribution >= 0.6 is 11.3 Å². The lowest BCUT2D eigenvalue weighted by Gasteiger charge is -2.29. The van der Waals surface area contributed by atoms with Crippen molar-refractivity contribution in [3.63, 3.8) is 0 Å². The van der Waals surface area contributed by atoms with Crippen molar-refractivity contribution in [1.29, 1.82) is 0 Å². The van der Waals surface area contributed by atoms with E-state index in [1.165, 1.54) is 15.6 Å². The van der Waals surface area contributed by atoms with Crippen LogP contribution in [-0.4, -0.2) is 12.2 Å². The monoisotopic (exact) mass is 290 g/mol. The minimum absolute atomic E-state index is 0.132. The van der Waals surface area contributed by atoms with E-state index < -0.39 is 0 Å². The molecule has 1 aliphatic rings. The van der Waals surface area contributed by atoms with Crippen molar-refractivity contribution < 1.29 is 4.74 Å². The van der Waals surface area contributed by atoms with Crippen molar-refractivity contribution in [3.05, 3.63) is 35.2 Å². The van der Waals surface area contributed by atoms with E-state index in [9.17, 15) is 0 Å². The molecule has 5 unspecified atom stereocenters. The summed E-state index contributed by atoms with van der Waals surface area (Å²) >= 11 is 1.78. The molecule has 2 heterocycles. The summed E-state index contributed by atoms with van der Waals surface area (Å²) in [4.78, 5) is 0. The average Bonchev–Trinajstić information content (AvgIpc) is 3.00. The van der Waals surface area contributed by atoms with Crippen LogP contribution in [0.1, 0.15) is 32.4 Å². The van der Waals surface area contributed by atoms with Crippen LogP contribution in [0.15, 0.2) is 29.6 Å². The molecule has 4 heteroatoms. The van der Waals surface area contributed by atoms with Gasteiger partial charge in [0.25, 0.3) is 0 Å². The third-order valence-corrected chi connectivity index (χ3v) is 5.71. The van der Waals surface area contributed by atoms with E-state index in [4.69, 9.17) is 10.6 Å². The first kappa shape index (κ1) is 14.0. The molecule has 0 radical (unpaired) electrons. The minimum atomic E-state index is 0.132. The standard InChI is InChI=1S/C16H22N2OS/c1-9-10(2)19-11(3)14(9)15(18-17)13-6-4-5-12-7-8-20-16(12)13/h4-11,14-15,18H,17H2,1-3H3.